The summed E-state index contributed by atoms with van der Waals surface area (Å²) in [5, 5.41) is 14.3. The molecule has 5 nitrogen and oxygen atoms in total. The van der Waals surface area contributed by atoms with Crippen molar-refractivity contribution in [1.29, 1.82) is 0 Å². The second-order valence-corrected chi connectivity index (χ2v) is 4.45. The first-order valence-corrected chi connectivity index (χ1v) is 6.39. The monoisotopic (exact) mass is 263 g/mol. The quantitative estimate of drug-likeness (QED) is 0.314. The van der Waals surface area contributed by atoms with Crippen LogP contribution >= 0.6 is 0 Å². The fraction of sp³-hybridized carbons (Fsp3) is 0.429. The van der Waals surface area contributed by atoms with Crippen LogP contribution in [0.5, 0.6) is 0 Å². The first-order chi connectivity index (χ1) is 9.10. The lowest BCUT2D eigenvalue weighted by atomic mass is 10.0. The van der Waals surface area contributed by atoms with Crippen molar-refractivity contribution in [2.24, 2.45) is 16.8 Å². The van der Waals surface area contributed by atoms with E-state index in [0.29, 0.717) is 13.0 Å². The number of aryl methyl sites for hydroxylation is 1. The smallest absolute Gasteiger partial charge is 0.230 e. The predicted octanol–water partition coefficient (Wildman–Crippen LogP) is 1.43. The second-order valence-electron chi connectivity index (χ2n) is 4.45. The van der Waals surface area contributed by atoms with Crippen molar-refractivity contribution >= 4 is 11.7 Å². The number of oxime groups is 1. The topological polar surface area (TPSA) is 87.7 Å². The molecule has 5 heteroatoms. The van der Waals surface area contributed by atoms with Gasteiger partial charge < -0.3 is 16.3 Å². The Bertz CT molecular complexity index is 458. The van der Waals surface area contributed by atoms with Crippen LogP contribution in [-0.2, 0) is 11.2 Å². The minimum atomic E-state index is -0.568. The zero-order valence-corrected chi connectivity index (χ0v) is 11.4. The van der Waals surface area contributed by atoms with Gasteiger partial charge in [-0.1, -0.05) is 36.3 Å². The Morgan fingerprint density at radius 3 is 2.74 bits per heavy atom. The van der Waals surface area contributed by atoms with E-state index in [4.69, 9.17) is 10.9 Å². The molecule has 0 heterocycles. The number of hydrogen-bond acceptors (Lipinski definition) is 3. The van der Waals surface area contributed by atoms with E-state index < -0.39 is 5.92 Å². The third-order valence-corrected chi connectivity index (χ3v) is 3.15. The van der Waals surface area contributed by atoms with Gasteiger partial charge in [0.2, 0.25) is 5.91 Å². The third-order valence-electron chi connectivity index (χ3n) is 3.15. The molecule has 1 amide bonds. The average molecular weight is 263 g/mol. The van der Waals surface area contributed by atoms with Gasteiger partial charge in [0.25, 0.3) is 0 Å². The van der Waals surface area contributed by atoms with Crippen LogP contribution in [0.4, 0.5) is 0 Å². The molecule has 104 valence electrons. The molecule has 0 aliphatic rings. The molecule has 0 aliphatic carbocycles. The van der Waals surface area contributed by atoms with Crippen molar-refractivity contribution < 1.29 is 10.0 Å². The summed E-state index contributed by atoms with van der Waals surface area (Å²) in [5.41, 5.74) is 7.89. The molecular weight excluding hydrogens is 242 g/mol. The van der Waals surface area contributed by atoms with E-state index in [9.17, 15) is 4.79 Å². The Hall–Kier alpha value is -2.04. The molecule has 0 saturated carbocycles. The van der Waals surface area contributed by atoms with Crippen molar-refractivity contribution in [2.45, 2.75) is 26.7 Å². The summed E-state index contributed by atoms with van der Waals surface area (Å²) in [6.45, 7) is 4.41. The number of amidine groups is 1. The fourth-order valence-electron chi connectivity index (χ4n) is 1.93. The largest absolute Gasteiger partial charge is 0.409 e. The predicted molar refractivity (Wildman–Crippen MR) is 75.1 cm³/mol. The molecule has 19 heavy (non-hydrogen) atoms. The summed E-state index contributed by atoms with van der Waals surface area (Å²) in [6, 6.07) is 8.06. The van der Waals surface area contributed by atoms with Gasteiger partial charge in [-0.05, 0) is 30.9 Å². The molecule has 4 N–H and O–H groups in total. The van der Waals surface area contributed by atoms with E-state index in [0.717, 1.165) is 6.42 Å². The summed E-state index contributed by atoms with van der Waals surface area (Å²) in [5.74, 6) is -0.816. The molecule has 0 bridgehead atoms. The van der Waals surface area contributed by atoms with Crippen molar-refractivity contribution in [3.8, 4) is 0 Å². The highest BCUT2D eigenvalue weighted by Crippen LogP contribution is 2.07. The van der Waals surface area contributed by atoms with Gasteiger partial charge >= 0.3 is 0 Å². The van der Waals surface area contributed by atoms with E-state index in [1.165, 1.54) is 11.1 Å². The maximum Gasteiger partial charge on any atom is 0.230 e. The normalized spacial score (nSPS) is 13.1. The molecule has 1 rings (SSSR count). The van der Waals surface area contributed by atoms with Crippen LogP contribution in [0.2, 0.25) is 0 Å². The molecule has 0 radical (unpaired) electrons. The molecular formula is C14H21N3O2. The number of rotatable bonds is 6. The summed E-state index contributed by atoms with van der Waals surface area (Å²) < 4.78 is 0. The van der Waals surface area contributed by atoms with Crippen molar-refractivity contribution in [1.82, 2.24) is 5.32 Å². The number of carbonyl (C=O) groups excluding carboxylic acids is 1. The van der Waals surface area contributed by atoms with Gasteiger partial charge in [-0.15, -0.1) is 0 Å². The van der Waals surface area contributed by atoms with Crippen LogP contribution in [0.15, 0.2) is 29.4 Å². The van der Waals surface area contributed by atoms with Gasteiger partial charge in [0.15, 0.2) is 5.84 Å². The number of nitrogens with zero attached hydrogens (tertiary/aromatic N) is 1. The standard InChI is InChI=1S/C14H21N3O2/c1-3-12(13(15)17-19)14(18)16-9-8-11-7-5-4-6-10(11)2/h4-7,12,19H,3,8-9H2,1-2H3,(H2,15,17)(H,16,18). The lowest BCUT2D eigenvalue weighted by Gasteiger charge is -2.13. The molecule has 0 fully saturated rings. The average Bonchev–Trinajstić information content (AvgIpc) is 2.41. The summed E-state index contributed by atoms with van der Waals surface area (Å²) in [4.78, 5) is 11.9. The Balaban J connectivity index is 2.49. The minimum absolute atomic E-state index is 0.0455. The second kappa shape index (κ2) is 7.41. The molecule has 1 aromatic rings. The highest BCUT2D eigenvalue weighted by molar-refractivity contribution is 6.01. The van der Waals surface area contributed by atoms with Crippen LogP contribution in [0, 0.1) is 12.8 Å². The molecule has 0 aromatic heterocycles. The Kier molecular flexibility index (Phi) is 5.85. The van der Waals surface area contributed by atoms with Gasteiger partial charge in [0.05, 0.1) is 5.92 Å². The Labute approximate surface area is 113 Å². The highest BCUT2D eigenvalue weighted by atomic mass is 16.4. The SMILES string of the molecule is CCC(C(=O)NCCc1ccccc1C)C(N)=NO. The zero-order chi connectivity index (χ0) is 14.3. The number of nitrogens with one attached hydrogen (secondary N) is 1. The summed E-state index contributed by atoms with van der Waals surface area (Å²) >= 11 is 0. The Morgan fingerprint density at radius 2 is 2.16 bits per heavy atom. The van der Waals surface area contributed by atoms with Gasteiger partial charge in [-0.25, -0.2) is 0 Å². The minimum Gasteiger partial charge on any atom is -0.409 e. The van der Waals surface area contributed by atoms with E-state index in [-0.39, 0.29) is 11.7 Å². The van der Waals surface area contributed by atoms with Crippen molar-refractivity contribution in [2.75, 3.05) is 6.54 Å². The maximum atomic E-state index is 11.9. The van der Waals surface area contributed by atoms with Crippen LogP contribution in [-0.4, -0.2) is 23.5 Å². The number of hydrogen-bond donors (Lipinski definition) is 3. The third kappa shape index (κ3) is 4.28. The van der Waals surface area contributed by atoms with Crippen LogP contribution in [0.25, 0.3) is 0 Å². The summed E-state index contributed by atoms with van der Waals surface area (Å²) in [7, 11) is 0. The van der Waals surface area contributed by atoms with Gasteiger partial charge in [-0.2, -0.15) is 0 Å². The first kappa shape index (κ1) is 15.0. The van der Waals surface area contributed by atoms with E-state index in [2.05, 4.69) is 10.5 Å². The molecule has 0 aliphatic heterocycles. The number of benzene rings is 1. The number of carbonyl (C=O) groups is 1. The van der Waals surface area contributed by atoms with Crippen molar-refractivity contribution in [3.05, 3.63) is 35.4 Å². The number of nitrogens with two attached hydrogens (primary N) is 1. The number of amides is 1. The molecule has 0 spiro atoms. The first-order valence-electron chi connectivity index (χ1n) is 6.39. The van der Waals surface area contributed by atoms with Crippen molar-refractivity contribution in [3.63, 3.8) is 0 Å². The van der Waals surface area contributed by atoms with Crippen LogP contribution in [0.3, 0.4) is 0 Å². The molecule has 0 saturated heterocycles. The van der Waals surface area contributed by atoms with Gasteiger partial charge in [-0.3, -0.25) is 4.79 Å². The van der Waals surface area contributed by atoms with E-state index in [1.54, 1.807) is 0 Å². The van der Waals surface area contributed by atoms with Gasteiger partial charge in [0.1, 0.15) is 0 Å². The lowest BCUT2D eigenvalue weighted by Crippen LogP contribution is -2.39. The van der Waals surface area contributed by atoms with E-state index in [1.807, 2.05) is 38.1 Å². The highest BCUT2D eigenvalue weighted by Gasteiger charge is 2.20. The molecule has 1 atom stereocenters. The lowest BCUT2D eigenvalue weighted by molar-refractivity contribution is -0.123. The van der Waals surface area contributed by atoms with Crippen LogP contribution in [0.1, 0.15) is 24.5 Å². The molecule has 1 aromatic carbocycles. The van der Waals surface area contributed by atoms with Crippen LogP contribution < -0.4 is 11.1 Å². The fourth-order valence-corrected chi connectivity index (χ4v) is 1.93. The van der Waals surface area contributed by atoms with Gasteiger partial charge in [0, 0.05) is 6.54 Å². The maximum absolute atomic E-state index is 11.9. The zero-order valence-electron chi connectivity index (χ0n) is 11.4. The summed E-state index contributed by atoms with van der Waals surface area (Å²) in [6.07, 6.45) is 1.27. The van der Waals surface area contributed by atoms with E-state index >= 15 is 0 Å². The molecule has 1 unspecified atom stereocenters. The Morgan fingerprint density at radius 1 is 1.47 bits per heavy atom.